The van der Waals surface area contributed by atoms with Crippen molar-refractivity contribution < 1.29 is 18.9 Å². The normalized spacial score (nSPS) is 10.3. The molecule has 1 aromatic carbocycles. The predicted octanol–water partition coefficient (Wildman–Crippen LogP) is 2.73. The molecule has 1 N–H and O–H groups in total. The zero-order valence-corrected chi connectivity index (χ0v) is 13.3. The van der Waals surface area contributed by atoms with E-state index in [4.69, 9.17) is 9.15 Å². The van der Waals surface area contributed by atoms with Crippen molar-refractivity contribution in [3.05, 3.63) is 57.5 Å². The topological polar surface area (TPSA) is 94.6 Å². The first-order chi connectivity index (χ1) is 11.0. The number of benzene rings is 1. The molecule has 0 radical (unpaired) electrons. The van der Waals surface area contributed by atoms with E-state index in [1.54, 1.807) is 25.1 Å². The van der Waals surface area contributed by atoms with Gasteiger partial charge in [-0.3, -0.25) is 14.9 Å². The van der Waals surface area contributed by atoms with Crippen LogP contribution in [-0.4, -0.2) is 23.1 Å². The van der Waals surface area contributed by atoms with Gasteiger partial charge in [0.2, 0.25) is 0 Å². The summed E-state index contributed by atoms with van der Waals surface area (Å²) in [4.78, 5) is 22.0. The minimum Gasteiger partial charge on any atom is -0.486 e. The second-order valence-electron chi connectivity index (χ2n) is 4.74. The standard InChI is InChI=1S/C15H16N2O5S/c1-10-8-11(2-4-13(10)17(19)20)21-9-12-3-5-14(22-12)15(18)16-6-7-23/h2-5,8,23H,6-7,9H2,1H3,(H,16,18). The second kappa shape index (κ2) is 7.68. The van der Waals surface area contributed by atoms with Gasteiger partial charge in [0.1, 0.15) is 18.1 Å². The minimum atomic E-state index is -0.443. The van der Waals surface area contributed by atoms with Gasteiger partial charge in [-0.15, -0.1) is 0 Å². The molecule has 0 aliphatic rings. The van der Waals surface area contributed by atoms with Gasteiger partial charge in [-0.25, -0.2) is 0 Å². The largest absolute Gasteiger partial charge is 0.486 e. The number of carbonyl (C=O) groups is 1. The molecule has 0 fully saturated rings. The Balaban J connectivity index is 1.96. The number of thiol groups is 1. The lowest BCUT2D eigenvalue weighted by Gasteiger charge is -2.05. The second-order valence-corrected chi connectivity index (χ2v) is 5.19. The number of nitro groups is 1. The van der Waals surface area contributed by atoms with E-state index < -0.39 is 4.92 Å². The molecule has 0 saturated carbocycles. The molecule has 0 saturated heterocycles. The number of carbonyl (C=O) groups excluding carboxylic acids is 1. The minimum absolute atomic E-state index is 0.0403. The van der Waals surface area contributed by atoms with Crippen LogP contribution in [0.15, 0.2) is 34.7 Å². The zero-order valence-electron chi connectivity index (χ0n) is 12.4. The number of rotatable bonds is 7. The molecule has 0 unspecified atom stereocenters. The lowest BCUT2D eigenvalue weighted by molar-refractivity contribution is -0.385. The van der Waals surface area contributed by atoms with E-state index in [0.29, 0.717) is 29.4 Å². The van der Waals surface area contributed by atoms with Crippen LogP contribution in [0.4, 0.5) is 5.69 Å². The van der Waals surface area contributed by atoms with E-state index in [2.05, 4.69) is 17.9 Å². The summed E-state index contributed by atoms with van der Waals surface area (Å²) in [5, 5.41) is 13.4. The number of nitrogens with one attached hydrogen (secondary N) is 1. The summed E-state index contributed by atoms with van der Waals surface area (Å²) in [6, 6.07) is 7.71. The molecule has 23 heavy (non-hydrogen) atoms. The monoisotopic (exact) mass is 336 g/mol. The average Bonchev–Trinajstić information content (AvgIpc) is 2.99. The maximum Gasteiger partial charge on any atom is 0.287 e. The predicted molar refractivity (Wildman–Crippen MR) is 87.1 cm³/mol. The number of nitro benzene ring substituents is 1. The van der Waals surface area contributed by atoms with Crippen LogP contribution in [0.25, 0.3) is 0 Å². The van der Waals surface area contributed by atoms with Gasteiger partial charge in [-0.05, 0) is 31.2 Å². The molecule has 0 aliphatic heterocycles. The lowest BCUT2D eigenvalue weighted by atomic mass is 10.2. The molecule has 122 valence electrons. The first-order valence-electron chi connectivity index (χ1n) is 6.87. The fourth-order valence-electron chi connectivity index (χ4n) is 1.91. The Kier molecular flexibility index (Phi) is 5.64. The van der Waals surface area contributed by atoms with Crippen LogP contribution in [0.1, 0.15) is 21.9 Å². The average molecular weight is 336 g/mol. The Morgan fingerprint density at radius 2 is 2.17 bits per heavy atom. The third-order valence-electron chi connectivity index (χ3n) is 3.03. The number of aryl methyl sites for hydroxylation is 1. The van der Waals surface area contributed by atoms with Gasteiger partial charge in [0.15, 0.2) is 5.76 Å². The van der Waals surface area contributed by atoms with Crippen LogP contribution in [0.5, 0.6) is 5.75 Å². The maximum atomic E-state index is 11.7. The van der Waals surface area contributed by atoms with Gasteiger partial charge >= 0.3 is 0 Å². The molecular weight excluding hydrogens is 320 g/mol. The molecule has 1 heterocycles. The summed E-state index contributed by atoms with van der Waals surface area (Å²) in [5.74, 6) is 1.41. The molecule has 0 atom stereocenters. The van der Waals surface area contributed by atoms with Crippen LogP contribution in [0.2, 0.25) is 0 Å². The summed E-state index contributed by atoms with van der Waals surface area (Å²) >= 11 is 4.01. The van der Waals surface area contributed by atoms with Gasteiger partial charge < -0.3 is 14.5 Å². The van der Waals surface area contributed by atoms with E-state index in [1.165, 1.54) is 12.1 Å². The highest BCUT2D eigenvalue weighted by Crippen LogP contribution is 2.23. The molecular formula is C15H16N2O5S. The smallest absolute Gasteiger partial charge is 0.287 e. The van der Waals surface area contributed by atoms with E-state index in [-0.39, 0.29) is 24.0 Å². The molecule has 7 nitrogen and oxygen atoms in total. The first kappa shape index (κ1) is 16.9. The number of ether oxygens (including phenoxy) is 1. The summed E-state index contributed by atoms with van der Waals surface area (Å²) in [6.45, 7) is 2.22. The van der Waals surface area contributed by atoms with Crippen LogP contribution in [0.3, 0.4) is 0 Å². The van der Waals surface area contributed by atoms with Crippen molar-refractivity contribution in [2.45, 2.75) is 13.5 Å². The van der Waals surface area contributed by atoms with Crippen LogP contribution in [-0.2, 0) is 6.61 Å². The van der Waals surface area contributed by atoms with E-state index in [9.17, 15) is 14.9 Å². The van der Waals surface area contributed by atoms with Gasteiger partial charge in [0.05, 0.1) is 4.92 Å². The molecule has 0 spiro atoms. The third-order valence-corrected chi connectivity index (χ3v) is 3.25. The summed E-state index contributed by atoms with van der Waals surface area (Å²) in [5.41, 5.74) is 0.553. The number of hydrogen-bond donors (Lipinski definition) is 2. The van der Waals surface area contributed by atoms with E-state index in [1.807, 2.05) is 0 Å². The SMILES string of the molecule is Cc1cc(OCc2ccc(C(=O)NCCS)o2)ccc1[N+](=O)[O-]. The van der Waals surface area contributed by atoms with Crippen LogP contribution in [0, 0.1) is 17.0 Å². The Morgan fingerprint density at radius 3 is 2.83 bits per heavy atom. The Bertz CT molecular complexity index is 714. The number of hydrogen-bond acceptors (Lipinski definition) is 6. The van der Waals surface area contributed by atoms with Crippen molar-refractivity contribution >= 4 is 24.2 Å². The molecule has 1 aromatic heterocycles. The molecule has 1 amide bonds. The Labute approximate surface area is 138 Å². The number of nitrogens with zero attached hydrogens (tertiary/aromatic N) is 1. The quantitative estimate of drug-likeness (QED) is 0.460. The van der Waals surface area contributed by atoms with Crippen LogP contribution >= 0.6 is 12.6 Å². The highest BCUT2D eigenvalue weighted by Gasteiger charge is 2.13. The summed E-state index contributed by atoms with van der Waals surface area (Å²) in [6.07, 6.45) is 0. The van der Waals surface area contributed by atoms with Crippen molar-refractivity contribution in [1.29, 1.82) is 0 Å². The van der Waals surface area contributed by atoms with Gasteiger partial charge in [-0.2, -0.15) is 12.6 Å². The molecule has 8 heteroatoms. The van der Waals surface area contributed by atoms with E-state index in [0.717, 1.165) is 0 Å². The summed E-state index contributed by atoms with van der Waals surface area (Å²) in [7, 11) is 0. The first-order valence-corrected chi connectivity index (χ1v) is 7.50. The van der Waals surface area contributed by atoms with Crippen molar-refractivity contribution in [1.82, 2.24) is 5.32 Å². The molecule has 2 aromatic rings. The Hall–Kier alpha value is -2.48. The van der Waals surface area contributed by atoms with Crippen molar-refractivity contribution in [3.63, 3.8) is 0 Å². The molecule has 0 aliphatic carbocycles. The Morgan fingerprint density at radius 1 is 1.39 bits per heavy atom. The number of amides is 1. The summed E-state index contributed by atoms with van der Waals surface area (Å²) < 4.78 is 10.9. The maximum absolute atomic E-state index is 11.7. The van der Waals surface area contributed by atoms with Gasteiger partial charge in [0, 0.05) is 23.9 Å². The van der Waals surface area contributed by atoms with Crippen molar-refractivity contribution in [3.8, 4) is 5.75 Å². The third kappa shape index (κ3) is 4.49. The van der Waals surface area contributed by atoms with Crippen molar-refractivity contribution in [2.75, 3.05) is 12.3 Å². The fraction of sp³-hybridized carbons (Fsp3) is 0.267. The fourth-order valence-corrected chi connectivity index (χ4v) is 2.02. The van der Waals surface area contributed by atoms with Crippen molar-refractivity contribution in [2.24, 2.45) is 0 Å². The lowest BCUT2D eigenvalue weighted by Crippen LogP contribution is -2.24. The van der Waals surface area contributed by atoms with E-state index >= 15 is 0 Å². The number of furan rings is 1. The molecule has 2 rings (SSSR count). The zero-order chi connectivity index (χ0) is 16.8. The van der Waals surface area contributed by atoms with Gasteiger partial charge in [-0.1, -0.05) is 0 Å². The molecule has 0 bridgehead atoms. The highest BCUT2D eigenvalue weighted by atomic mass is 32.1. The highest BCUT2D eigenvalue weighted by molar-refractivity contribution is 7.80. The van der Waals surface area contributed by atoms with Crippen LogP contribution < -0.4 is 10.1 Å². The van der Waals surface area contributed by atoms with Gasteiger partial charge in [0.25, 0.3) is 11.6 Å².